The summed E-state index contributed by atoms with van der Waals surface area (Å²) in [6.45, 7) is 15.4. The molecule has 114 valence electrons. The maximum Gasteiger partial charge on any atom is 0.191 e. The van der Waals surface area contributed by atoms with Crippen molar-refractivity contribution in [3.05, 3.63) is 15.6 Å². The van der Waals surface area contributed by atoms with E-state index in [2.05, 4.69) is 55.2 Å². The largest absolute Gasteiger partial charge is 0.357 e. The quantitative estimate of drug-likeness (QED) is 0.648. The van der Waals surface area contributed by atoms with E-state index in [1.54, 1.807) is 11.3 Å². The summed E-state index contributed by atoms with van der Waals surface area (Å²) < 4.78 is 0. The van der Waals surface area contributed by atoms with Crippen LogP contribution < -0.4 is 10.6 Å². The van der Waals surface area contributed by atoms with Gasteiger partial charge in [-0.05, 0) is 32.6 Å². The first-order valence-corrected chi connectivity index (χ1v) is 8.08. The lowest BCUT2D eigenvalue weighted by molar-refractivity contribution is 0.377. The molecule has 20 heavy (non-hydrogen) atoms. The molecule has 0 aliphatic carbocycles. The minimum atomic E-state index is 0.341. The van der Waals surface area contributed by atoms with Crippen LogP contribution >= 0.6 is 11.3 Å². The second kappa shape index (κ2) is 7.62. The molecule has 0 aliphatic heterocycles. The predicted octanol–water partition coefficient (Wildman–Crippen LogP) is 3.25. The van der Waals surface area contributed by atoms with E-state index in [-0.39, 0.29) is 0 Å². The van der Waals surface area contributed by atoms with Gasteiger partial charge in [0, 0.05) is 18.0 Å². The number of thiazole rings is 1. The molecule has 0 bridgehead atoms. The number of guanidine groups is 1. The molecule has 0 aromatic carbocycles. The summed E-state index contributed by atoms with van der Waals surface area (Å²) in [5.74, 6) is 0.877. The fourth-order valence-electron chi connectivity index (χ4n) is 1.65. The van der Waals surface area contributed by atoms with Crippen molar-refractivity contribution < 1.29 is 0 Å². The van der Waals surface area contributed by atoms with Crippen LogP contribution in [0.3, 0.4) is 0 Å². The van der Waals surface area contributed by atoms with Crippen molar-refractivity contribution in [1.29, 1.82) is 0 Å². The zero-order chi connectivity index (χ0) is 15.2. The Balaban J connectivity index is 2.54. The molecule has 0 saturated carbocycles. The van der Waals surface area contributed by atoms with E-state index in [9.17, 15) is 0 Å². The summed E-state index contributed by atoms with van der Waals surface area (Å²) in [6, 6.07) is 0. The van der Waals surface area contributed by atoms with Gasteiger partial charge in [-0.2, -0.15) is 0 Å². The number of hydrogen-bond donors (Lipinski definition) is 2. The first kappa shape index (κ1) is 17.0. The first-order chi connectivity index (χ1) is 9.31. The molecule has 5 heteroatoms. The normalized spacial score (nSPS) is 12.6. The average Bonchev–Trinajstić information content (AvgIpc) is 2.64. The third-order valence-corrected chi connectivity index (χ3v) is 4.01. The number of aryl methyl sites for hydroxylation is 2. The van der Waals surface area contributed by atoms with E-state index in [1.807, 2.05) is 6.92 Å². The molecular weight excluding hydrogens is 268 g/mol. The Kier molecular flexibility index (Phi) is 6.46. The van der Waals surface area contributed by atoms with Gasteiger partial charge in [-0.15, -0.1) is 11.3 Å². The SMILES string of the molecule is CCNC(=NCc1nc(C)c(C)s1)NCCC(C)(C)C. The molecule has 2 N–H and O–H groups in total. The van der Waals surface area contributed by atoms with Crippen LogP contribution in [0.25, 0.3) is 0 Å². The lowest BCUT2D eigenvalue weighted by Gasteiger charge is -2.19. The topological polar surface area (TPSA) is 49.3 Å². The van der Waals surface area contributed by atoms with Gasteiger partial charge < -0.3 is 10.6 Å². The standard InChI is InChI=1S/C15H28N4S/c1-7-16-14(17-9-8-15(4,5)6)18-10-13-19-11(2)12(3)20-13/h7-10H2,1-6H3,(H2,16,17,18). The van der Waals surface area contributed by atoms with Crippen LogP contribution in [-0.2, 0) is 6.54 Å². The van der Waals surface area contributed by atoms with Crippen LogP contribution in [0.5, 0.6) is 0 Å². The molecule has 0 radical (unpaired) electrons. The minimum Gasteiger partial charge on any atom is -0.357 e. The Labute approximate surface area is 127 Å². The zero-order valence-corrected chi connectivity index (χ0v) is 14.4. The molecular formula is C15H28N4S. The van der Waals surface area contributed by atoms with E-state index in [0.29, 0.717) is 12.0 Å². The highest BCUT2D eigenvalue weighted by Crippen LogP contribution is 2.17. The molecule has 1 aromatic heterocycles. The minimum absolute atomic E-state index is 0.341. The highest BCUT2D eigenvalue weighted by atomic mass is 32.1. The second-order valence-electron chi connectivity index (χ2n) is 6.18. The first-order valence-electron chi connectivity index (χ1n) is 7.27. The number of nitrogens with one attached hydrogen (secondary N) is 2. The molecule has 4 nitrogen and oxygen atoms in total. The number of nitrogens with zero attached hydrogens (tertiary/aromatic N) is 2. The van der Waals surface area contributed by atoms with E-state index in [4.69, 9.17) is 0 Å². The van der Waals surface area contributed by atoms with Gasteiger partial charge in [-0.3, -0.25) is 0 Å². The number of aliphatic imine (C=N–C) groups is 1. The van der Waals surface area contributed by atoms with Crippen molar-refractivity contribution >= 4 is 17.3 Å². The van der Waals surface area contributed by atoms with Crippen molar-refractivity contribution in [2.45, 2.75) is 54.5 Å². The van der Waals surface area contributed by atoms with Gasteiger partial charge in [0.15, 0.2) is 5.96 Å². The van der Waals surface area contributed by atoms with Crippen molar-refractivity contribution in [3.63, 3.8) is 0 Å². The van der Waals surface area contributed by atoms with Gasteiger partial charge in [0.1, 0.15) is 5.01 Å². The van der Waals surface area contributed by atoms with Crippen LogP contribution in [0.1, 0.15) is 49.7 Å². The van der Waals surface area contributed by atoms with Crippen molar-refractivity contribution in [3.8, 4) is 0 Å². The summed E-state index contributed by atoms with van der Waals surface area (Å²) in [6.07, 6.45) is 1.12. The van der Waals surface area contributed by atoms with Gasteiger partial charge in [-0.25, -0.2) is 9.98 Å². The summed E-state index contributed by atoms with van der Waals surface area (Å²) in [4.78, 5) is 10.4. The van der Waals surface area contributed by atoms with E-state index in [0.717, 1.165) is 36.2 Å². The van der Waals surface area contributed by atoms with Crippen LogP contribution in [0.4, 0.5) is 0 Å². The molecule has 0 amide bonds. The van der Waals surface area contributed by atoms with E-state index in [1.165, 1.54) is 4.88 Å². The highest BCUT2D eigenvalue weighted by Gasteiger charge is 2.10. The van der Waals surface area contributed by atoms with Gasteiger partial charge in [0.25, 0.3) is 0 Å². The van der Waals surface area contributed by atoms with E-state index >= 15 is 0 Å². The molecule has 1 heterocycles. The second-order valence-corrected chi connectivity index (χ2v) is 7.47. The molecule has 1 rings (SSSR count). The smallest absolute Gasteiger partial charge is 0.191 e. The lowest BCUT2D eigenvalue weighted by Crippen LogP contribution is -2.38. The predicted molar refractivity (Wildman–Crippen MR) is 88.5 cm³/mol. The van der Waals surface area contributed by atoms with Crippen molar-refractivity contribution in [1.82, 2.24) is 15.6 Å². The Hall–Kier alpha value is -1.10. The van der Waals surface area contributed by atoms with Gasteiger partial charge in [0.2, 0.25) is 0 Å². The summed E-state index contributed by atoms with van der Waals surface area (Å²) in [5.41, 5.74) is 1.46. The molecule has 0 saturated heterocycles. The van der Waals surface area contributed by atoms with Crippen LogP contribution in [0.2, 0.25) is 0 Å². The molecule has 0 unspecified atom stereocenters. The lowest BCUT2D eigenvalue weighted by atomic mass is 9.92. The molecule has 0 aliphatic rings. The highest BCUT2D eigenvalue weighted by molar-refractivity contribution is 7.11. The van der Waals surface area contributed by atoms with Crippen molar-refractivity contribution in [2.75, 3.05) is 13.1 Å². The van der Waals surface area contributed by atoms with Gasteiger partial charge in [0.05, 0.1) is 12.2 Å². The van der Waals surface area contributed by atoms with Crippen LogP contribution in [0, 0.1) is 19.3 Å². The third kappa shape index (κ3) is 6.37. The van der Waals surface area contributed by atoms with Crippen molar-refractivity contribution in [2.24, 2.45) is 10.4 Å². The monoisotopic (exact) mass is 296 g/mol. The number of hydrogen-bond acceptors (Lipinski definition) is 3. The Morgan fingerprint density at radius 2 is 1.95 bits per heavy atom. The Morgan fingerprint density at radius 1 is 1.25 bits per heavy atom. The fourth-order valence-corrected chi connectivity index (χ4v) is 2.51. The molecule has 0 atom stereocenters. The maximum atomic E-state index is 4.60. The maximum absolute atomic E-state index is 4.60. The van der Waals surface area contributed by atoms with Crippen LogP contribution in [-0.4, -0.2) is 24.0 Å². The number of aromatic nitrogens is 1. The van der Waals surface area contributed by atoms with Gasteiger partial charge in [-0.1, -0.05) is 20.8 Å². The summed E-state index contributed by atoms with van der Waals surface area (Å²) >= 11 is 1.73. The third-order valence-electron chi connectivity index (χ3n) is 2.96. The van der Waals surface area contributed by atoms with E-state index < -0.39 is 0 Å². The summed E-state index contributed by atoms with van der Waals surface area (Å²) in [5, 5.41) is 7.74. The fraction of sp³-hybridized carbons (Fsp3) is 0.733. The Bertz CT molecular complexity index is 424. The molecule has 0 spiro atoms. The van der Waals surface area contributed by atoms with Crippen LogP contribution in [0.15, 0.2) is 4.99 Å². The van der Waals surface area contributed by atoms with Gasteiger partial charge >= 0.3 is 0 Å². The zero-order valence-electron chi connectivity index (χ0n) is 13.6. The Morgan fingerprint density at radius 3 is 2.45 bits per heavy atom. The molecule has 1 aromatic rings. The molecule has 0 fully saturated rings. The summed E-state index contributed by atoms with van der Waals surface area (Å²) in [7, 11) is 0. The number of rotatable bonds is 5. The average molecular weight is 296 g/mol.